The molecule has 2 aromatic carbocycles. The van der Waals surface area contributed by atoms with Gasteiger partial charge in [0.2, 0.25) is 0 Å². The maximum Gasteiger partial charge on any atom is 0.254 e. The molecule has 0 spiro atoms. The number of thiazole rings is 1. The molecular weight excluding hydrogens is 454 g/mol. The number of amides is 1. The summed E-state index contributed by atoms with van der Waals surface area (Å²) in [5.74, 6) is 1.38. The summed E-state index contributed by atoms with van der Waals surface area (Å²) < 4.78 is 6.12. The van der Waals surface area contributed by atoms with E-state index in [1.165, 1.54) is 24.8 Å². The number of nitrogens with zero attached hydrogens (tertiary/aromatic N) is 3. The third-order valence-electron chi connectivity index (χ3n) is 6.56. The number of para-hydroxylation sites is 1. The number of likely N-dealkylation sites (tertiary alicyclic amines) is 1. The number of rotatable bonds is 10. The number of aromatic nitrogens is 1. The highest BCUT2D eigenvalue weighted by Crippen LogP contribution is 2.27. The second-order valence-electron chi connectivity index (χ2n) is 9.71. The van der Waals surface area contributed by atoms with E-state index in [-0.39, 0.29) is 5.91 Å². The van der Waals surface area contributed by atoms with Crippen molar-refractivity contribution in [2.75, 3.05) is 26.2 Å². The van der Waals surface area contributed by atoms with E-state index < -0.39 is 0 Å². The first-order valence-electron chi connectivity index (χ1n) is 12.7. The number of hydrogen-bond acceptors (Lipinski definition) is 5. The molecule has 1 saturated heterocycles. The summed E-state index contributed by atoms with van der Waals surface area (Å²) in [4.78, 5) is 22.6. The molecule has 5 nitrogen and oxygen atoms in total. The lowest BCUT2D eigenvalue weighted by molar-refractivity contribution is 0.0713. The van der Waals surface area contributed by atoms with Crippen molar-refractivity contribution in [2.24, 2.45) is 0 Å². The highest BCUT2D eigenvalue weighted by Gasteiger charge is 2.20. The molecule has 1 aromatic heterocycles. The summed E-state index contributed by atoms with van der Waals surface area (Å²) in [6, 6.07) is 16.1. The van der Waals surface area contributed by atoms with Gasteiger partial charge < -0.3 is 14.5 Å². The molecule has 4 rings (SSSR count). The summed E-state index contributed by atoms with van der Waals surface area (Å²) in [6.07, 6.45) is 3.82. The van der Waals surface area contributed by atoms with Crippen LogP contribution in [-0.2, 0) is 13.2 Å². The zero-order valence-corrected chi connectivity index (χ0v) is 22.0. The van der Waals surface area contributed by atoms with Crippen LogP contribution in [0.1, 0.15) is 71.2 Å². The summed E-state index contributed by atoms with van der Waals surface area (Å²) in [5, 5.41) is 2.99. The molecule has 35 heavy (non-hydrogen) atoms. The van der Waals surface area contributed by atoms with E-state index in [0.717, 1.165) is 47.2 Å². The maximum absolute atomic E-state index is 13.4. The Morgan fingerprint density at radius 3 is 2.57 bits per heavy atom. The normalized spacial score (nSPS) is 14.3. The molecule has 1 amide bonds. The van der Waals surface area contributed by atoms with E-state index in [1.807, 2.05) is 54.3 Å². The lowest BCUT2D eigenvalue weighted by atomic mass is 10.0. The van der Waals surface area contributed by atoms with Gasteiger partial charge in [0.25, 0.3) is 5.91 Å². The number of benzene rings is 2. The van der Waals surface area contributed by atoms with Crippen molar-refractivity contribution in [3.63, 3.8) is 0 Å². The molecule has 2 heterocycles. The molecule has 0 radical (unpaired) electrons. The van der Waals surface area contributed by atoms with Crippen LogP contribution in [0.5, 0.6) is 5.75 Å². The Hall–Kier alpha value is -2.70. The summed E-state index contributed by atoms with van der Waals surface area (Å²) in [7, 11) is 0. The molecule has 1 fully saturated rings. The summed E-state index contributed by atoms with van der Waals surface area (Å²) in [6.45, 7) is 11.2. The molecule has 186 valence electrons. The van der Waals surface area contributed by atoms with Crippen LogP contribution in [0, 0.1) is 6.92 Å². The van der Waals surface area contributed by atoms with Gasteiger partial charge in [-0.1, -0.05) is 56.2 Å². The monoisotopic (exact) mass is 491 g/mol. The predicted molar refractivity (Wildman–Crippen MR) is 143 cm³/mol. The topological polar surface area (TPSA) is 45.7 Å². The minimum atomic E-state index is 0.0682. The van der Waals surface area contributed by atoms with Gasteiger partial charge in [-0.15, -0.1) is 11.3 Å². The molecule has 3 aromatic rings. The third kappa shape index (κ3) is 7.15. The minimum Gasteiger partial charge on any atom is -0.486 e. The molecule has 0 atom stereocenters. The van der Waals surface area contributed by atoms with E-state index in [9.17, 15) is 4.79 Å². The van der Waals surface area contributed by atoms with Gasteiger partial charge in [-0.2, -0.15) is 0 Å². The van der Waals surface area contributed by atoms with Gasteiger partial charge >= 0.3 is 0 Å². The molecular formula is C29H37N3O2S. The fourth-order valence-electron chi connectivity index (χ4n) is 4.49. The van der Waals surface area contributed by atoms with Gasteiger partial charge in [-0.05, 0) is 62.5 Å². The number of ether oxygens (including phenoxy) is 1. The van der Waals surface area contributed by atoms with E-state index >= 15 is 0 Å². The quantitative estimate of drug-likeness (QED) is 0.335. The van der Waals surface area contributed by atoms with Gasteiger partial charge in [0.1, 0.15) is 17.4 Å². The lowest BCUT2D eigenvalue weighted by Crippen LogP contribution is -2.40. The first-order chi connectivity index (χ1) is 17.0. The van der Waals surface area contributed by atoms with Crippen LogP contribution < -0.4 is 4.74 Å². The molecule has 1 aliphatic rings. The van der Waals surface area contributed by atoms with Crippen LogP contribution in [0.25, 0.3) is 0 Å². The van der Waals surface area contributed by atoms with Crippen LogP contribution in [0.2, 0.25) is 0 Å². The van der Waals surface area contributed by atoms with Crippen LogP contribution >= 0.6 is 11.3 Å². The van der Waals surface area contributed by atoms with Gasteiger partial charge in [0, 0.05) is 24.0 Å². The predicted octanol–water partition coefficient (Wildman–Crippen LogP) is 6.28. The molecule has 1 aliphatic heterocycles. The highest BCUT2D eigenvalue weighted by molar-refractivity contribution is 7.09. The summed E-state index contributed by atoms with van der Waals surface area (Å²) in [5.41, 5.74) is 4.02. The third-order valence-corrected chi connectivity index (χ3v) is 7.44. The fraction of sp³-hybridized carbons (Fsp3) is 0.448. The van der Waals surface area contributed by atoms with Crippen molar-refractivity contribution in [2.45, 2.75) is 59.1 Å². The zero-order chi connectivity index (χ0) is 24.6. The van der Waals surface area contributed by atoms with Crippen molar-refractivity contribution in [3.8, 4) is 5.75 Å². The average molecular weight is 492 g/mol. The molecule has 0 saturated carbocycles. The molecule has 0 bridgehead atoms. The van der Waals surface area contributed by atoms with Crippen LogP contribution in [0.15, 0.2) is 53.9 Å². The number of carbonyl (C=O) groups excluding carboxylic acids is 1. The Morgan fingerprint density at radius 1 is 1.09 bits per heavy atom. The highest BCUT2D eigenvalue weighted by atomic mass is 32.1. The lowest BCUT2D eigenvalue weighted by Gasteiger charge is -2.30. The van der Waals surface area contributed by atoms with Gasteiger partial charge in [0.15, 0.2) is 0 Å². The Balaban J connectivity index is 1.42. The van der Waals surface area contributed by atoms with Crippen LogP contribution in [0.3, 0.4) is 0 Å². The van der Waals surface area contributed by atoms with E-state index in [0.29, 0.717) is 25.6 Å². The Labute approximate surface area is 213 Å². The number of piperidine rings is 1. The smallest absolute Gasteiger partial charge is 0.254 e. The zero-order valence-electron chi connectivity index (χ0n) is 21.2. The largest absolute Gasteiger partial charge is 0.486 e. The van der Waals surface area contributed by atoms with Gasteiger partial charge in [-0.25, -0.2) is 4.98 Å². The Bertz CT molecular complexity index is 1090. The summed E-state index contributed by atoms with van der Waals surface area (Å²) >= 11 is 1.60. The Morgan fingerprint density at radius 2 is 1.83 bits per heavy atom. The number of hydrogen-bond donors (Lipinski definition) is 0. The second kappa shape index (κ2) is 12.3. The van der Waals surface area contributed by atoms with Crippen molar-refractivity contribution in [3.05, 3.63) is 81.3 Å². The van der Waals surface area contributed by atoms with E-state index in [4.69, 9.17) is 9.72 Å². The van der Waals surface area contributed by atoms with Crippen molar-refractivity contribution in [1.82, 2.24) is 14.8 Å². The standard InChI is InChI=1S/C29H37N3O2S/c1-22(2)26-9-5-6-10-27(26)34-20-28-30-25(21-35-28)19-32(18-17-31-15-7-4-8-16-31)29(33)24-13-11-23(3)12-14-24/h5-6,9-14,21-22H,4,7-8,15-20H2,1-3H3. The first kappa shape index (κ1) is 25.4. The van der Waals surface area contributed by atoms with Gasteiger partial charge in [0.05, 0.1) is 12.2 Å². The van der Waals surface area contributed by atoms with Crippen molar-refractivity contribution >= 4 is 17.2 Å². The SMILES string of the molecule is Cc1ccc(C(=O)N(CCN2CCCCC2)Cc2csc(COc3ccccc3C(C)C)n2)cc1. The maximum atomic E-state index is 13.4. The average Bonchev–Trinajstić information content (AvgIpc) is 3.33. The first-order valence-corrected chi connectivity index (χ1v) is 13.6. The van der Waals surface area contributed by atoms with Crippen LogP contribution in [0.4, 0.5) is 0 Å². The molecule has 0 aliphatic carbocycles. The number of aryl methyl sites for hydroxylation is 1. The number of carbonyl (C=O) groups is 1. The molecule has 0 N–H and O–H groups in total. The second-order valence-corrected chi connectivity index (χ2v) is 10.7. The molecule has 0 unspecified atom stereocenters. The fourth-order valence-corrected chi connectivity index (χ4v) is 5.18. The van der Waals surface area contributed by atoms with Crippen LogP contribution in [-0.4, -0.2) is 46.9 Å². The minimum absolute atomic E-state index is 0.0682. The Kier molecular flexibility index (Phi) is 8.94. The molecule has 6 heteroatoms. The van der Waals surface area contributed by atoms with Crippen molar-refractivity contribution < 1.29 is 9.53 Å². The van der Waals surface area contributed by atoms with E-state index in [2.05, 4.69) is 30.2 Å². The van der Waals surface area contributed by atoms with Gasteiger partial charge in [-0.3, -0.25) is 4.79 Å². The van der Waals surface area contributed by atoms with E-state index in [1.54, 1.807) is 11.3 Å². The van der Waals surface area contributed by atoms with Crippen molar-refractivity contribution in [1.29, 1.82) is 0 Å².